The molecule has 0 spiro atoms. The van der Waals surface area contributed by atoms with Gasteiger partial charge in [-0.25, -0.2) is 9.97 Å². The number of aromatic nitrogens is 3. The van der Waals surface area contributed by atoms with Gasteiger partial charge in [0.1, 0.15) is 11.5 Å². The van der Waals surface area contributed by atoms with Crippen LogP contribution in [-0.2, 0) is 0 Å². The predicted molar refractivity (Wildman–Crippen MR) is 120 cm³/mol. The Morgan fingerprint density at radius 1 is 1.03 bits per heavy atom. The van der Waals surface area contributed by atoms with Gasteiger partial charge in [-0.05, 0) is 56.5 Å². The number of likely N-dealkylation sites (N-methyl/N-ethyl adjacent to an activating group) is 1. The van der Waals surface area contributed by atoms with Gasteiger partial charge < -0.3 is 10.6 Å². The summed E-state index contributed by atoms with van der Waals surface area (Å²) in [6.07, 6.45) is 2.85. The van der Waals surface area contributed by atoms with E-state index in [-0.39, 0.29) is 6.04 Å². The SMILES string of the molecule is CCC(C)c1c(C)nc(-c2cc(C)ccn2)nc1NCC(NC)c1ccccc1. The predicted octanol–water partition coefficient (Wildman–Crippen LogP) is 5.04. The van der Waals surface area contributed by atoms with Crippen molar-refractivity contribution in [3.63, 3.8) is 0 Å². The fraction of sp³-hybridized carbons (Fsp3) is 0.375. The molecule has 0 aliphatic rings. The second-order valence-corrected chi connectivity index (χ2v) is 7.56. The van der Waals surface area contributed by atoms with Gasteiger partial charge in [0, 0.05) is 30.0 Å². The van der Waals surface area contributed by atoms with Gasteiger partial charge in [-0.3, -0.25) is 4.98 Å². The summed E-state index contributed by atoms with van der Waals surface area (Å²) in [4.78, 5) is 14.2. The number of rotatable bonds is 8. The molecular formula is C24H31N5. The highest BCUT2D eigenvalue weighted by Crippen LogP contribution is 2.30. The van der Waals surface area contributed by atoms with E-state index >= 15 is 0 Å². The third-order valence-electron chi connectivity index (χ3n) is 5.41. The molecular weight excluding hydrogens is 358 g/mol. The number of benzene rings is 1. The van der Waals surface area contributed by atoms with E-state index < -0.39 is 0 Å². The maximum atomic E-state index is 4.90. The van der Waals surface area contributed by atoms with Crippen LogP contribution < -0.4 is 10.6 Å². The quantitative estimate of drug-likeness (QED) is 0.565. The van der Waals surface area contributed by atoms with E-state index in [4.69, 9.17) is 9.97 Å². The molecule has 2 N–H and O–H groups in total. The summed E-state index contributed by atoms with van der Waals surface area (Å²) in [7, 11) is 1.99. The summed E-state index contributed by atoms with van der Waals surface area (Å²) in [6.45, 7) is 9.29. The Bertz CT molecular complexity index is 939. The van der Waals surface area contributed by atoms with E-state index in [9.17, 15) is 0 Å². The summed E-state index contributed by atoms with van der Waals surface area (Å²) in [6, 6.07) is 14.7. The van der Waals surface area contributed by atoms with Gasteiger partial charge in [0.05, 0.1) is 0 Å². The average Bonchev–Trinajstić information content (AvgIpc) is 2.74. The maximum Gasteiger partial charge on any atom is 0.180 e. The molecule has 0 fully saturated rings. The maximum absolute atomic E-state index is 4.90. The largest absolute Gasteiger partial charge is 0.368 e. The summed E-state index contributed by atoms with van der Waals surface area (Å²) >= 11 is 0. The van der Waals surface area contributed by atoms with Gasteiger partial charge in [0.2, 0.25) is 0 Å². The molecule has 3 rings (SSSR count). The van der Waals surface area contributed by atoms with E-state index in [0.717, 1.165) is 35.7 Å². The molecule has 2 aromatic heterocycles. The van der Waals surface area contributed by atoms with Gasteiger partial charge in [-0.2, -0.15) is 0 Å². The van der Waals surface area contributed by atoms with Crippen molar-refractivity contribution in [2.75, 3.05) is 18.9 Å². The molecule has 0 aliphatic carbocycles. The lowest BCUT2D eigenvalue weighted by Gasteiger charge is -2.22. The first kappa shape index (κ1) is 20.9. The van der Waals surface area contributed by atoms with E-state index in [1.807, 2.05) is 31.4 Å². The van der Waals surface area contributed by atoms with Crippen LogP contribution in [0.3, 0.4) is 0 Å². The number of nitrogens with zero attached hydrogens (tertiary/aromatic N) is 3. The highest BCUT2D eigenvalue weighted by Gasteiger charge is 2.19. The average molecular weight is 390 g/mol. The second-order valence-electron chi connectivity index (χ2n) is 7.56. The molecule has 1 aromatic carbocycles. The van der Waals surface area contributed by atoms with Crippen LogP contribution in [0.2, 0.25) is 0 Å². The van der Waals surface area contributed by atoms with Crippen LogP contribution in [-0.4, -0.2) is 28.5 Å². The first-order valence-electron chi connectivity index (χ1n) is 10.3. The third-order valence-corrected chi connectivity index (χ3v) is 5.41. The van der Waals surface area contributed by atoms with Gasteiger partial charge in [0.25, 0.3) is 0 Å². The highest BCUT2D eigenvalue weighted by atomic mass is 15.1. The second kappa shape index (κ2) is 9.61. The number of hydrogen-bond donors (Lipinski definition) is 2. The van der Waals surface area contributed by atoms with Crippen molar-refractivity contribution in [2.24, 2.45) is 0 Å². The van der Waals surface area contributed by atoms with E-state index in [1.165, 1.54) is 11.1 Å². The van der Waals surface area contributed by atoms with Gasteiger partial charge in [0.15, 0.2) is 5.82 Å². The van der Waals surface area contributed by atoms with Gasteiger partial charge >= 0.3 is 0 Å². The van der Waals surface area contributed by atoms with Crippen molar-refractivity contribution in [1.29, 1.82) is 0 Å². The molecule has 2 atom stereocenters. The lowest BCUT2D eigenvalue weighted by molar-refractivity contribution is 0.619. The molecule has 2 heterocycles. The van der Waals surface area contributed by atoms with Gasteiger partial charge in [-0.1, -0.05) is 44.2 Å². The normalized spacial score (nSPS) is 13.1. The molecule has 152 valence electrons. The van der Waals surface area contributed by atoms with Crippen molar-refractivity contribution in [2.45, 2.75) is 46.1 Å². The number of hydrogen-bond acceptors (Lipinski definition) is 5. The third kappa shape index (κ3) is 4.98. The van der Waals surface area contributed by atoms with E-state index in [0.29, 0.717) is 11.7 Å². The molecule has 0 bridgehead atoms. The number of anilines is 1. The van der Waals surface area contributed by atoms with Crippen LogP contribution >= 0.6 is 0 Å². The minimum absolute atomic E-state index is 0.191. The Kier molecular flexibility index (Phi) is 6.94. The van der Waals surface area contributed by atoms with Crippen molar-refractivity contribution < 1.29 is 0 Å². The molecule has 5 heteroatoms. The molecule has 0 radical (unpaired) electrons. The zero-order valence-corrected chi connectivity index (χ0v) is 18.0. The lowest BCUT2D eigenvalue weighted by Crippen LogP contribution is -2.25. The molecule has 0 saturated carbocycles. The first-order chi connectivity index (χ1) is 14.0. The molecule has 2 unspecified atom stereocenters. The molecule has 0 saturated heterocycles. The van der Waals surface area contributed by atoms with Crippen molar-refractivity contribution in [3.05, 3.63) is 71.0 Å². The number of nitrogens with one attached hydrogen (secondary N) is 2. The standard InChI is InChI=1S/C24H31N5/c1-6-17(3)22-18(4)28-23(20-14-16(2)12-13-26-20)29-24(22)27-15-21(25-5)19-10-8-7-9-11-19/h7-14,17,21,25H,6,15H2,1-5H3,(H,27,28,29). The molecule has 3 aromatic rings. The smallest absolute Gasteiger partial charge is 0.180 e. The van der Waals surface area contributed by atoms with Crippen LogP contribution in [0.4, 0.5) is 5.82 Å². The monoisotopic (exact) mass is 389 g/mol. The zero-order valence-electron chi connectivity index (χ0n) is 18.0. The zero-order chi connectivity index (χ0) is 20.8. The Hall–Kier alpha value is -2.79. The summed E-state index contributed by atoms with van der Waals surface area (Å²) in [5, 5.41) is 7.00. The first-order valence-corrected chi connectivity index (χ1v) is 10.3. The molecule has 0 aliphatic heterocycles. The molecule has 5 nitrogen and oxygen atoms in total. The van der Waals surface area contributed by atoms with E-state index in [1.54, 1.807) is 0 Å². The number of pyridine rings is 1. The van der Waals surface area contributed by atoms with Crippen LogP contribution in [0.25, 0.3) is 11.5 Å². The van der Waals surface area contributed by atoms with Crippen molar-refractivity contribution in [3.8, 4) is 11.5 Å². The molecule has 0 amide bonds. The minimum Gasteiger partial charge on any atom is -0.368 e. The van der Waals surface area contributed by atoms with Crippen LogP contribution in [0.15, 0.2) is 48.7 Å². The van der Waals surface area contributed by atoms with Crippen molar-refractivity contribution in [1.82, 2.24) is 20.3 Å². The summed E-state index contributed by atoms with van der Waals surface area (Å²) in [5.74, 6) is 1.95. The highest BCUT2D eigenvalue weighted by molar-refractivity contribution is 5.58. The van der Waals surface area contributed by atoms with Crippen molar-refractivity contribution >= 4 is 5.82 Å². The van der Waals surface area contributed by atoms with E-state index in [2.05, 4.69) is 67.6 Å². The summed E-state index contributed by atoms with van der Waals surface area (Å²) < 4.78 is 0. The lowest BCUT2D eigenvalue weighted by atomic mass is 9.97. The fourth-order valence-corrected chi connectivity index (χ4v) is 3.55. The fourth-order valence-electron chi connectivity index (χ4n) is 3.55. The Morgan fingerprint density at radius 2 is 1.79 bits per heavy atom. The molecule has 29 heavy (non-hydrogen) atoms. The topological polar surface area (TPSA) is 62.7 Å². The number of aryl methyl sites for hydroxylation is 2. The van der Waals surface area contributed by atoms with Crippen LogP contribution in [0, 0.1) is 13.8 Å². The van der Waals surface area contributed by atoms with Crippen LogP contribution in [0.1, 0.15) is 54.6 Å². The Balaban J connectivity index is 1.96. The van der Waals surface area contributed by atoms with Gasteiger partial charge in [-0.15, -0.1) is 0 Å². The summed E-state index contributed by atoms with van der Waals surface area (Å²) in [5.41, 5.74) is 5.40. The Labute approximate surface area is 174 Å². The van der Waals surface area contributed by atoms with Crippen LogP contribution in [0.5, 0.6) is 0 Å². The Morgan fingerprint density at radius 3 is 2.45 bits per heavy atom. The minimum atomic E-state index is 0.191.